The molecule has 2 heterocycles. The highest BCUT2D eigenvalue weighted by atomic mass is 32.2. The number of hydrogen-bond acceptors (Lipinski definition) is 5. The molecule has 1 aromatic rings. The maximum absolute atomic E-state index is 12.2. The molecule has 0 spiro atoms. The summed E-state index contributed by atoms with van der Waals surface area (Å²) in [4.78, 5) is 4.36. The van der Waals surface area contributed by atoms with Crippen LogP contribution in [0.1, 0.15) is 26.2 Å². The Morgan fingerprint density at radius 2 is 2.29 bits per heavy atom. The van der Waals surface area contributed by atoms with Gasteiger partial charge in [0.25, 0.3) is 0 Å². The summed E-state index contributed by atoms with van der Waals surface area (Å²) in [6.07, 6.45) is 4.30. The van der Waals surface area contributed by atoms with Crippen LogP contribution in [0, 0.1) is 5.92 Å². The molecule has 2 N–H and O–H groups in total. The monoisotopic (exact) mass is 313 g/mol. The Labute approximate surface area is 126 Å². The predicted octanol–water partition coefficient (Wildman–Crippen LogP) is 1.61. The van der Waals surface area contributed by atoms with Gasteiger partial charge in [-0.1, -0.05) is 6.92 Å². The fourth-order valence-corrected chi connectivity index (χ4v) is 3.28. The number of aromatic nitrogens is 1. The van der Waals surface area contributed by atoms with E-state index in [0.717, 1.165) is 39.0 Å². The summed E-state index contributed by atoms with van der Waals surface area (Å²) in [5.41, 5.74) is 0. The summed E-state index contributed by atoms with van der Waals surface area (Å²) in [6, 6.07) is 3.08. The molecule has 118 valence electrons. The van der Waals surface area contributed by atoms with E-state index in [1.165, 1.54) is 12.3 Å². The van der Waals surface area contributed by atoms with Crippen molar-refractivity contribution in [1.82, 2.24) is 9.71 Å². The van der Waals surface area contributed by atoms with E-state index in [1.54, 1.807) is 6.07 Å². The number of hydrogen-bond donors (Lipinski definition) is 2. The average molecular weight is 313 g/mol. The minimum absolute atomic E-state index is 0.249. The molecule has 0 aliphatic carbocycles. The van der Waals surface area contributed by atoms with Gasteiger partial charge in [0, 0.05) is 38.6 Å². The second-order valence-electron chi connectivity index (χ2n) is 5.22. The van der Waals surface area contributed by atoms with Crippen LogP contribution in [0.4, 0.5) is 5.82 Å². The molecule has 0 amide bonds. The van der Waals surface area contributed by atoms with Crippen molar-refractivity contribution in [2.75, 3.05) is 31.6 Å². The van der Waals surface area contributed by atoms with Gasteiger partial charge in [-0.2, -0.15) is 0 Å². The Bertz CT molecular complexity index is 542. The molecule has 0 bridgehead atoms. The molecule has 21 heavy (non-hydrogen) atoms. The van der Waals surface area contributed by atoms with Crippen molar-refractivity contribution in [3.05, 3.63) is 18.3 Å². The van der Waals surface area contributed by atoms with E-state index in [9.17, 15) is 8.42 Å². The van der Waals surface area contributed by atoms with Crippen LogP contribution < -0.4 is 10.0 Å². The van der Waals surface area contributed by atoms with Crippen LogP contribution in [-0.2, 0) is 14.8 Å². The Hall–Kier alpha value is -1.18. The number of nitrogens with one attached hydrogen (secondary N) is 2. The molecule has 6 nitrogen and oxygen atoms in total. The molecule has 1 saturated heterocycles. The normalized spacial score (nSPS) is 18.8. The first kappa shape index (κ1) is 16.2. The fourth-order valence-electron chi connectivity index (χ4n) is 2.22. The second kappa shape index (κ2) is 7.72. The number of sulfonamides is 1. The van der Waals surface area contributed by atoms with Gasteiger partial charge in [-0.15, -0.1) is 0 Å². The minimum Gasteiger partial charge on any atom is -0.381 e. The molecule has 1 aliphatic heterocycles. The number of anilines is 1. The van der Waals surface area contributed by atoms with Crippen molar-refractivity contribution < 1.29 is 13.2 Å². The maximum atomic E-state index is 12.2. The third kappa shape index (κ3) is 4.94. The van der Waals surface area contributed by atoms with Gasteiger partial charge in [0.05, 0.1) is 4.90 Å². The summed E-state index contributed by atoms with van der Waals surface area (Å²) in [5, 5.41) is 3.09. The summed E-state index contributed by atoms with van der Waals surface area (Å²) in [7, 11) is -3.47. The van der Waals surface area contributed by atoms with Gasteiger partial charge in [-0.25, -0.2) is 18.1 Å². The summed E-state index contributed by atoms with van der Waals surface area (Å²) >= 11 is 0. The number of pyridine rings is 1. The molecule has 1 aliphatic rings. The highest BCUT2D eigenvalue weighted by Crippen LogP contribution is 2.16. The first-order valence-corrected chi connectivity index (χ1v) is 8.87. The van der Waals surface area contributed by atoms with Crippen LogP contribution in [0.15, 0.2) is 23.2 Å². The lowest BCUT2D eigenvalue weighted by Crippen LogP contribution is -2.26. The summed E-state index contributed by atoms with van der Waals surface area (Å²) in [5.74, 6) is 1.05. The van der Waals surface area contributed by atoms with Crippen molar-refractivity contribution in [3.63, 3.8) is 0 Å². The molecule has 0 radical (unpaired) electrons. The van der Waals surface area contributed by atoms with E-state index < -0.39 is 10.0 Å². The Morgan fingerprint density at radius 1 is 1.43 bits per heavy atom. The van der Waals surface area contributed by atoms with Crippen molar-refractivity contribution in [3.8, 4) is 0 Å². The van der Waals surface area contributed by atoms with E-state index in [-0.39, 0.29) is 4.90 Å². The average Bonchev–Trinajstić information content (AvgIpc) is 2.98. The molecule has 2 rings (SSSR count). The lowest BCUT2D eigenvalue weighted by Gasteiger charge is -2.10. The lowest BCUT2D eigenvalue weighted by molar-refractivity contribution is 0.184. The molecule has 1 atom stereocenters. The van der Waals surface area contributed by atoms with Crippen LogP contribution in [0.5, 0.6) is 0 Å². The van der Waals surface area contributed by atoms with Gasteiger partial charge in [-0.3, -0.25) is 0 Å². The van der Waals surface area contributed by atoms with Crippen molar-refractivity contribution in [2.24, 2.45) is 5.92 Å². The zero-order valence-corrected chi connectivity index (χ0v) is 13.2. The van der Waals surface area contributed by atoms with E-state index in [2.05, 4.69) is 15.0 Å². The molecule has 1 aromatic heterocycles. The second-order valence-corrected chi connectivity index (χ2v) is 6.99. The number of ether oxygens (including phenoxy) is 1. The smallest absolute Gasteiger partial charge is 0.240 e. The highest BCUT2D eigenvalue weighted by Gasteiger charge is 2.18. The maximum Gasteiger partial charge on any atom is 0.240 e. The van der Waals surface area contributed by atoms with Crippen LogP contribution in [0.25, 0.3) is 0 Å². The minimum atomic E-state index is -3.47. The SMILES string of the molecule is CCCNc1cc(S(=O)(=O)NCCC2CCOC2)ccn1. The fraction of sp³-hybridized carbons (Fsp3) is 0.643. The number of rotatable bonds is 8. The van der Waals surface area contributed by atoms with Gasteiger partial charge >= 0.3 is 0 Å². The Kier molecular flexibility index (Phi) is 5.96. The third-order valence-corrected chi connectivity index (χ3v) is 4.93. The molecular weight excluding hydrogens is 290 g/mol. The van der Waals surface area contributed by atoms with Crippen molar-refractivity contribution in [2.45, 2.75) is 31.1 Å². The Morgan fingerprint density at radius 3 is 3.00 bits per heavy atom. The van der Waals surface area contributed by atoms with Gasteiger partial charge in [0.2, 0.25) is 10.0 Å². The summed E-state index contributed by atoms with van der Waals surface area (Å²) in [6.45, 7) is 4.78. The molecule has 0 saturated carbocycles. The van der Waals surface area contributed by atoms with Gasteiger partial charge < -0.3 is 10.1 Å². The predicted molar refractivity (Wildman–Crippen MR) is 81.7 cm³/mol. The van der Waals surface area contributed by atoms with Crippen molar-refractivity contribution >= 4 is 15.8 Å². The third-order valence-electron chi connectivity index (χ3n) is 3.47. The van der Waals surface area contributed by atoms with Crippen LogP contribution in [-0.4, -0.2) is 39.7 Å². The van der Waals surface area contributed by atoms with Crippen LogP contribution in [0.2, 0.25) is 0 Å². The standard InChI is InChI=1S/C14H23N3O3S/c1-2-6-15-14-10-13(4-7-16-14)21(18,19)17-8-3-12-5-9-20-11-12/h4,7,10,12,17H,2-3,5-6,8-9,11H2,1H3,(H,15,16). The van der Waals surface area contributed by atoms with Crippen LogP contribution in [0.3, 0.4) is 0 Å². The first-order valence-electron chi connectivity index (χ1n) is 7.39. The van der Waals surface area contributed by atoms with E-state index in [1.807, 2.05) is 6.92 Å². The van der Waals surface area contributed by atoms with Crippen LogP contribution >= 0.6 is 0 Å². The quantitative estimate of drug-likeness (QED) is 0.762. The zero-order chi connectivity index (χ0) is 15.1. The highest BCUT2D eigenvalue weighted by molar-refractivity contribution is 7.89. The van der Waals surface area contributed by atoms with Gasteiger partial charge in [0.1, 0.15) is 5.82 Å². The van der Waals surface area contributed by atoms with Crippen molar-refractivity contribution in [1.29, 1.82) is 0 Å². The summed E-state index contributed by atoms with van der Waals surface area (Å²) < 4.78 is 32.4. The zero-order valence-electron chi connectivity index (χ0n) is 12.3. The van der Waals surface area contributed by atoms with E-state index >= 15 is 0 Å². The topological polar surface area (TPSA) is 80.3 Å². The Balaban J connectivity index is 1.91. The largest absolute Gasteiger partial charge is 0.381 e. The van der Waals surface area contributed by atoms with Gasteiger partial charge in [-0.05, 0) is 31.2 Å². The first-order chi connectivity index (χ1) is 10.1. The molecule has 1 unspecified atom stereocenters. The molecule has 0 aromatic carbocycles. The van der Waals surface area contributed by atoms with E-state index in [4.69, 9.17) is 4.74 Å². The molecular formula is C14H23N3O3S. The van der Waals surface area contributed by atoms with E-state index in [0.29, 0.717) is 18.3 Å². The molecule has 1 fully saturated rings. The number of nitrogens with zero attached hydrogens (tertiary/aromatic N) is 1. The lowest BCUT2D eigenvalue weighted by atomic mass is 10.1. The molecule has 7 heteroatoms. The van der Waals surface area contributed by atoms with Gasteiger partial charge in [0.15, 0.2) is 0 Å².